The fraction of sp³-hybridized carbons (Fsp3) is 0.174. The van der Waals surface area contributed by atoms with Crippen LogP contribution >= 0.6 is 0 Å². The predicted octanol–water partition coefficient (Wildman–Crippen LogP) is 3.04. The lowest BCUT2D eigenvalue weighted by molar-refractivity contribution is -0.123. The first-order valence-electron chi connectivity index (χ1n) is 9.28. The van der Waals surface area contributed by atoms with Crippen molar-refractivity contribution in [2.45, 2.75) is 19.5 Å². The maximum absolute atomic E-state index is 13.3. The summed E-state index contributed by atoms with van der Waals surface area (Å²) >= 11 is 0. The van der Waals surface area contributed by atoms with Crippen LogP contribution in [0.2, 0.25) is 0 Å². The van der Waals surface area contributed by atoms with E-state index in [1.807, 2.05) is 0 Å². The summed E-state index contributed by atoms with van der Waals surface area (Å²) in [6.45, 7) is 1.92. The molecule has 0 aliphatic carbocycles. The molecule has 6 nitrogen and oxygen atoms in total. The van der Waals surface area contributed by atoms with E-state index in [0.29, 0.717) is 5.75 Å². The number of Topliss-reactive ketones (excluding diaryl/α,β-unsaturated/α-hetero) is 1. The van der Waals surface area contributed by atoms with Crippen LogP contribution in [0.5, 0.6) is 5.75 Å². The highest BCUT2D eigenvalue weighted by atomic mass is 19.1. The van der Waals surface area contributed by atoms with Crippen molar-refractivity contribution < 1.29 is 18.7 Å². The monoisotopic (exact) mass is 408 g/mol. The molecule has 154 valence electrons. The van der Waals surface area contributed by atoms with E-state index in [1.165, 1.54) is 24.4 Å². The third kappa shape index (κ3) is 4.81. The van der Waals surface area contributed by atoms with E-state index in [1.54, 1.807) is 44.4 Å². The van der Waals surface area contributed by atoms with Gasteiger partial charge in [-0.2, -0.15) is 0 Å². The number of halogens is 1. The fourth-order valence-electron chi connectivity index (χ4n) is 2.99. The molecule has 3 rings (SSSR count). The minimum Gasteiger partial charge on any atom is -0.497 e. The van der Waals surface area contributed by atoms with Crippen molar-refractivity contribution in [2.75, 3.05) is 7.11 Å². The second-order valence-electron chi connectivity index (χ2n) is 6.79. The van der Waals surface area contributed by atoms with Crippen molar-refractivity contribution >= 4 is 11.7 Å². The maximum Gasteiger partial charge on any atom is 0.251 e. The topological polar surface area (TPSA) is 77.4 Å². The molecule has 1 amide bonds. The average molecular weight is 408 g/mol. The standard InChI is InChI=1S/C23H21FN2O4/c1-15-3-12-20(27)26(14-15)21(22(28)17-6-8-18(24)9-7-17)23(29)25-13-16-4-10-19(30-2)11-5-16/h3-12,14,21H,13H2,1-2H3,(H,25,29)/t21-/m1/s1. The van der Waals surface area contributed by atoms with Crippen molar-refractivity contribution in [3.63, 3.8) is 0 Å². The summed E-state index contributed by atoms with van der Waals surface area (Å²) in [5.41, 5.74) is 1.17. The van der Waals surface area contributed by atoms with Gasteiger partial charge in [-0.25, -0.2) is 4.39 Å². The third-order valence-electron chi connectivity index (χ3n) is 4.62. The van der Waals surface area contributed by atoms with Crippen molar-refractivity contribution in [1.82, 2.24) is 9.88 Å². The number of nitrogens with one attached hydrogen (secondary N) is 1. The first kappa shape index (κ1) is 21.0. The maximum atomic E-state index is 13.3. The Bertz CT molecular complexity index is 1110. The number of ether oxygens (including phenoxy) is 1. The summed E-state index contributed by atoms with van der Waals surface area (Å²) in [6, 6.07) is 13.4. The molecular weight excluding hydrogens is 387 g/mol. The van der Waals surface area contributed by atoms with E-state index in [0.717, 1.165) is 27.8 Å². The van der Waals surface area contributed by atoms with Gasteiger partial charge in [-0.1, -0.05) is 18.2 Å². The van der Waals surface area contributed by atoms with E-state index in [9.17, 15) is 18.8 Å². The number of amides is 1. The first-order valence-corrected chi connectivity index (χ1v) is 9.28. The highest BCUT2D eigenvalue weighted by molar-refractivity contribution is 6.11. The van der Waals surface area contributed by atoms with Gasteiger partial charge in [-0.15, -0.1) is 0 Å². The van der Waals surface area contributed by atoms with E-state index in [-0.39, 0.29) is 12.1 Å². The van der Waals surface area contributed by atoms with E-state index >= 15 is 0 Å². The molecule has 0 fully saturated rings. The largest absolute Gasteiger partial charge is 0.497 e. The van der Waals surface area contributed by atoms with Crippen LogP contribution in [0.15, 0.2) is 71.7 Å². The number of aromatic nitrogens is 1. The number of hydrogen-bond acceptors (Lipinski definition) is 4. The summed E-state index contributed by atoms with van der Waals surface area (Å²) in [7, 11) is 1.56. The Labute approximate surface area is 172 Å². The molecule has 1 atom stereocenters. The Morgan fingerprint density at radius 1 is 1.03 bits per heavy atom. The van der Waals surface area contributed by atoms with Crippen LogP contribution in [-0.4, -0.2) is 23.4 Å². The molecule has 7 heteroatoms. The number of pyridine rings is 1. The average Bonchev–Trinajstić information content (AvgIpc) is 2.75. The fourth-order valence-corrected chi connectivity index (χ4v) is 2.99. The Hall–Kier alpha value is -3.74. The number of benzene rings is 2. The zero-order valence-corrected chi connectivity index (χ0v) is 16.6. The zero-order valence-electron chi connectivity index (χ0n) is 16.6. The molecule has 1 N–H and O–H groups in total. The number of carbonyl (C=O) groups excluding carboxylic acids is 2. The predicted molar refractivity (Wildman–Crippen MR) is 110 cm³/mol. The Morgan fingerprint density at radius 2 is 1.70 bits per heavy atom. The lowest BCUT2D eigenvalue weighted by atomic mass is 10.0. The third-order valence-corrected chi connectivity index (χ3v) is 4.62. The number of nitrogens with zero attached hydrogens (tertiary/aromatic N) is 1. The van der Waals surface area contributed by atoms with Crippen LogP contribution in [0.3, 0.4) is 0 Å². The molecule has 3 aromatic rings. The van der Waals surface area contributed by atoms with Crippen LogP contribution in [-0.2, 0) is 11.3 Å². The van der Waals surface area contributed by atoms with Gasteiger partial charge in [0.1, 0.15) is 11.6 Å². The smallest absolute Gasteiger partial charge is 0.251 e. The number of ketones is 1. The van der Waals surface area contributed by atoms with Gasteiger partial charge in [0.2, 0.25) is 0 Å². The Balaban J connectivity index is 1.90. The first-order chi connectivity index (χ1) is 14.4. The molecule has 0 radical (unpaired) electrons. The summed E-state index contributed by atoms with van der Waals surface area (Å²) in [5, 5.41) is 2.71. The second kappa shape index (κ2) is 9.17. The molecule has 0 spiro atoms. The van der Waals surface area contributed by atoms with Crippen LogP contribution in [0, 0.1) is 12.7 Å². The van der Waals surface area contributed by atoms with Gasteiger partial charge >= 0.3 is 0 Å². The van der Waals surface area contributed by atoms with Crippen molar-refractivity contribution in [1.29, 1.82) is 0 Å². The van der Waals surface area contributed by atoms with E-state index in [4.69, 9.17) is 4.74 Å². The highest BCUT2D eigenvalue weighted by Gasteiger charge is 2.30. The summed E-state index contributed by atoms with van der Waals surface area (Å²) < 4.78 is 19.5. The number of aryl methyl sites for hydroxylation is 1. The minimum absolute atomic E-state index is 0.134. The zero-order chi connectivity index (χ0) is 21.7. The van der Waals surface area contributed by atoms with Gasteiger partial charge in [0.15, 0.2) is 11.8 Å². The van der Waals surface area contributed by atoms with Crippen LogP contribution in [0.25, 0.3) is 0 Å². The Kier molecular flexibility index (Phi) is 6.41. The van der Waals surface area contributed by atoms with Crippen molar-refractivity contribution in [3.05, 3.63) is 99.7 Å². The lowest BCUT2D eigenvalue weighted by Gasteiger charge is -2.19. The summed E-state index contributed by atoms with van der Waals surface area (Å²) in [4.78, 5) is 38.5. The summed E-state index contributed by atoms with van der Waals surface area (Å²) in [5.74, 6) is -1.05. The van der Waals surface area contributed by atoms with E-state index in [2.05, 4.69) is 5.32 Å². The van der Waals surface area contributed by atoms with Gasteiger partial charge in [0.05, 0.1) is 7.11 Å². The van der Waals surface area contributed by atoms with Gasteiger partial charge in [0, 0.05) is 24.4 Å². The molecule has 0 aliphatic rings. The second-order valence-corrected chi connectivity index (χ2v) is 6.79. The molecule has 30 heavy (non-hydrogen) atoms. The normalized spacial score (nSPS) is 11.6. The molecule has 2 aromatic carbocycles. The van der Waals surface area contributed by atoms with Gasteiger partial charge in [-0.3, -0.25) is 19.0 Å². The number of rotatable bonds is 7. The van der Waals surface area contributed by atoms with Gasteiger partial charge < -0.3 is 10.1 Å². The molecular formula is C23H21FN2O4. The molecule has 0 bridgehead atoms. The molecule has 0 aliphatic heterocycles. The quantitative estimate of drug-likeness (QED) is 0.482. The van der Waals surface area contributed by atoms with Crippen LogP contribution < -0.4 is 15.6 Å². The SMILES string of the molecule is COc1ccc(CNC(=O)[C@@H](C(=O)c2ccc(F)cc2)n2cc(C)ccc2=O)cc1. The van der Waals surface area contributed by atoms with Crippen LogP contribution in [0.4, 0.5) is 4.39 Å². The lowest BCUT2D eigenvalue weighted by Crippen LogP contribution is -2.41. The number of hydrogen-bond donors (Lipinski definition) is 1. The highest BCUT2D eigenvalue weighted by Crippen LogP contribution is 2.16. The van der Waals surface area contributed by atoms with E-state index < -0.39 is 29.1 Å². The van der Waals surface area contributed by atoms with Crippen molar-refractivity contribution in [2.24, 2.45) is 0 Å². The molecule has 1 heterocycles. The minimum atomic E-state index is -1.42. The number of carbonyl (C=O) groups is 2. The van der Waals surface area contributed by atoms with Crippen LogP contribution in [0.1, 0.15) is 27.5 Å². The van der Waals surface area contributed by atoms with Gasteiger partial charge in [-0.05, 0) is 54.4 Å². The van der Waals surface area contributed by atoms with Crippen molar-refractivity contribution in [3.8, 4) is 5.75 Å². The molecule has 0 saturated heterocycles. The molecule has 0 saturated carbocycles. The van der Waals surface area contributed by atoms with Gasteiger partial charge in [0.25, 0.3) is 11.5 Å². The summed E-state index contributed by atoms with van der Waals surface area (Å²) in [6.07, 6.45) is 1.46. The Morgan fingerprint density at radius 3 is 2.33 bits per heavy atom. The molecule has 1 aromatic heterocycles. The number of methoxy groups -OCH3 is 1. The molecule has 0 unspecified atom stereocenters.